The van der Waals surface area contributed by atoms with Gasteiger partial charge < -0.3 is 9.42 Å². The number of aromatic nitrogens is 2. The highest BCUT2D eigenvalue weighted by Crippen LogP contribution is 2.19. The minimum Gasteiger partial charge on any atom is -0.337 e. The van der Waals surface area contributed by atoms with Crippen LogP contribution in [0, 0.1) is 6.92 Å². The molecule has 5 nitrogen and oxygen atoms in total. The van der Waals surface area contributed by atoms with Gasteiger partial charge in [0.05, 0.1) is 0 Å². The molecule has 1 amide bonds. The molecule has 0 spiro atoms. The van der Waals surface area contributed by atoms with E-state index < -0.39 is 0 Å². The summed E-state index contributed by atoms with van der Waals surface area (Å²) in [5.41, 5.74) is 2.72. The van der Waals surface area contributed by atoms with Gasteiger partial charge in [-0.3, -0.25) is 4.79 Å². The molecule has 0 fully saturated rings. The minimum atomic E-state index is -0.0525. The van der Waals surface area contributed by atoms with Crippen LogP contribution in [-0.2, 0) is 6.54 Å². The van der Waals surface area contributed by atoms with E-state index >= 15 is 0 Å². The number of aryl methyl sites for hydroxylation is 1. The number of benzene rings is 3. The van der Waals surface area contributed by atoms with Crippen molar-refractivity contribution in [2.24, 2.45) is 0 Å². The van der Waals surface area contributed by atoms with E-state index in [1.807, 2.05) is 80.6 Å². The Kier molecular flexibility index (Phi) is 4.89. The van der Waals surface area contributed by atoms with Gasteiger partial charge in [0, 0.05) is 17.7 Å². The lowest BCUT2D eigenvalue weighted by molar-refractivity contribution is 0.0734. The normalized spacial score (nSPS) is 10.9. The Labute approximate surface area is 163 Å². The van der Waals surface area contributed by atoms with Crippen LogP contribution in [-0.4, -0.2) is 27.5 Å². The van der Waals surface area contributed by atoms with E-state index in [1.165, 1.54) is 5.56 Å². The van der Waals surface area contributed by atoms with Crippen molar-refractivity contribution >= 4 is 16.7 Å². The van der Waals surface area contributed by atoms with E-state index in [-0.39, 0.29) is 12.5 Å². The number of carbonyl (C=O) groups excluding carboxylic acids is 1. The standard InChI is InChI=1S/C23H21N3O2/c1-3-26(23(27)20-13-12-17-6-4-5-7-19(17)14-20)15-21-24-22(25-28-21)18-10-8-16(2)9-11-18/h4-14H,3,15H2,1-2H3. The fraction of sp³-hybridized carbons (Fsp3) is 0.174. The molecule has 0 atom stereocenters. The van der Waals surface area contributed by atoms with Crippen molar-refractivity contribution < 1.29 is 9.32 Å². The van der Waals surface area contributed by atoms with Crippen molar-refractivity contribution in [1.82, 2.24) is 15.0 Å². The average Bonchev–Trinajstić information content (AvgIpc) is 3.20. The number of hydrogen-bond acceptors (Lipinski definition) is 4. The maximum atomic E-state index is 13.0. The molecule has 4 rings (SSSR count). The molecule has 0 bridgehead atoms. The molecule has 140 valence electrons. The van der Waals surface area contributed by atoms with Crippen LogP contribution in [0.5, 0.6) is 0 Å². The van der Waals surface area contributed by atoms with Crippen LogP contribution in [0.15, 0.2) is 71.3 Å². The van der Waals surface area contributed by atoms with Gasteiger partial charge >= 0.3 is 0 Å². The van der Waals surface area contributed by atoms with Crippen molar-refractivity contribution in [2.45, 2.75) is 20.4 Å². The van der Waals surface area contributed by atoms with Gasteiger partial charge in [-0.1, -0.05) is 65.3 Å². The molecule has 0 saturated carbocycles. The molecule has 4 aromatic rings. The molecule has 1 aromatic heterocycles. The fourth-order valence-electron chi connectivity index (χ4n) is 3.13. The molecular formula is C23H21N3O2. The zero-order chi connectivity index (χ0) is 19.5. The average molecular weight is 371 g/mol. The van der Waals surface area contributed by atoms with Crippen LogP contribution >= 0.6 is 0 Å². The molecule has 0 aliphatic heterocycles. The molecule has 28 heavy (non-hydrogen) atoms. The van der Waals surface area contributed by atoms with E-state index in [4.69, 9.17) is 4.52 Å². The van der Waals surface area contributed by atoms with Crippen LogP contribution in [0.4, 0.5) is 0 Å². The first-order valence-electron chi connectivity index (χ1n) is 9.32. The molecule has 3 aromatic carbocycles. The summed E-state index contributed by atoms with van der Waals surface area (Å²) in [5.74, 6) is 0.902. The van der Waals surface area contributed by atoms with Crippen LogP contribution < -0.4 is 0 Å². The van der Waals surface area contributed by atoms with E-state index in [0.717, 1.165) is 16.3 Å². The van der Waals surface area contributed by atoms with E-state index in [1.54, 1.807) is 4.90 Å². The third kappa shape index (κ3) is 3.64. The van der Waals surface area contributed by atoms with Crippen molar-refractivity contribution in [3.63, 3.8) is 0 Å². The number of hydrogen-bond donors (Lipinski definition) is 0. The lowest BCUT2D eigenvalue weighted by atomic mass is 10.1. The Balaban J connectivity index is 1.53. The van der Waals surface area contributed by atoms with E-state index in [0.29, 0.717) is 23.8 Å². The topological polar surface area (TPSA) is 59.2 Å². The zero-order valence-electron chi connectivity index (χ0n) is 15.9. The molecule has 0 radical (unpaired) electrons. The first kappa shape index (κ1) is 17.9. The maximum absolute atomic E-state index is 13.0. The van der Waals surface area contributed by atoms with Crippen molar-refractivity contribution in [3.8, 4) is 11.4 Å². The van der Waals surface area contributed by atoms with Gasteiger partial charge in [0.15, 0.2) is 0 Å². The summed E-state index contributed by atoms with van der Waals surface area (Å²) in [5, 5.41) is 6.21. The van der Waals surface area contributed by atoms with Gasteiger partial charge in [-0.15, -0.1) is 0 Å². The van der Waals surface area contributed by atoms with Gasteiger partial charge in [0.2, 0.25) is 11.7 Å². The third-order valence-electron chi connectivity index (χ3n) is 4.77. The van der Waals surface area contributed by atoms with Crippen LogP contribution in [0.25, 0.3) is 22.2 Å². The van der Waals surface area contributed by atoms with Gasteiger partial charge in [-0.2, -0.15) is 4.98 Å². The Morgan fingerprint density at radius 3 is 2.50 bits per heavy atom. The quantitative estimate of drug-likeness (QED) is 0.503. The first-order chi connectivity index (χ1) is 13.6. The Morgan fingerprint density at radius 2 is 1.75 bits per heavy atom. The van der Waals surface area contributed by atoms with Crippen LogP contribution in [0.3, 0.4) is 0 Å². The first-order valence-corrected chi connectivity index (χ1v) is 9.32. The second kappa shape index (κ2) is 7.64. The molecule has 0 aliphatic rings. The highest BCUT2D eigenvalue weighted by atomic mass is 16.5. The van der Waals surface area contributed by atoms with Crippen molar-refractivity contribution in [2.75, 3.05) is 6.54 Å². The molecule has 0 unspecified atom stereocenters. The summed E-state index contributed by atoms with van der Waals surface area (Å²) in [6.07, 6.45) is 0. The summed E-state index contributed by atoms with van der Waals surface area (Å²) in [4.78, 5) is 19.1. The van der Waals surface area contributed by atoms with Gasteiger partial charge in [-0.25, -0.2) is 0 Å². The molecule has 1 heterocycles. The fourth-order valence-corrected chi connectivity index (χ4v) is 3.13. The predicted molar refractivity (Wildman–Crippen MR) is 109 cm³/mol. The summed E-state index contributed by atoms with van der Waals surface area (Å²) in [6.45, 7) is 4.80. The monoisotopic (exact) mass is 371 g/mol. The highest BCUT2D eigenvalue weighted by Gasteiger charge is 2.18. The summed E-state index contributed by atoms with van der Waals surface area (Å²) >= 11 is 0. The Bertz CT molecular complexity index is 1120. The number of rotatable bonds is 5. The van der Waals surface area contributed by atoms with E-state index in [9.17, 15) is 4.79 Å². The smallest absolute Gasteiger partial charge is 0.254 e. The summed E-state index contributed by atoms with van der Waals surface area (Å²) in [6, 6.07) is 21.7. The predicted octanol–water partition coefficient (Wildman–Crippen LogP) is 4.86. The lowest BCUT2D eigenvalue weighted by Crippen LogP contribution is -2.30. The molecule has 0 aliphatic carbocycles. The van der Waals surface area contributed by atoms with Gasteiger partial charge in [0.1, 0.15) is 6.54 Å². The Hall–Kier alpha value is -3.47. The van der Waals surface area contributed by atoms with Crippen LogP contribution in [0.1, 0.15) is 28.7 Å². The van der Waals surface area contributed by atoms with E-state index in [2.05, 4.69) is 10.1 Å². The third-order valence-corrected chi connectivity index (χ3v) is 4.77. The number of amides is 1. The minimum absolute atomic E-state index is 0.0525. The number of fused-ring (bicyclic) bond motifs is 1. The Morgan fingerprint density at radius 1 is 1.00 bits per heavy atom. The SMILES string of the molecule is CCN(Cc1nc(-c2ccc(C)cc2)no1)C(=O)c1ccc2ccccc2c1. The van der Waals surface area contributed by atoms with Gasteiger partial charge in [-0.05, 0) is 36.8 Å². The zero-order valence-corrected chi connectivity index (χ0v) is 15.9. The molecular weight excluding hydrogens is 350 g/mol. The number of carbonyl (C=O) groups is 1. The molecule has 0 saturated heterocycles. The summed E-state index contributed by atoms with van der Waals surface area (Å²) < 4.78 is 5.38. The van der Waals surface area contributed by atoms with Crippen LogP contribution in [0.2, 0.25) is 0 Å². The second-order valence-corrected chi connectivity index (χ2v) is 6.76. The molecule has 0 N–H and O–H groups in total. The number of nitrogens with zero attached hydrogens (tertiary/aromatic N) is 3. The van der Waals surface area contributed by atoms with Gasteiger partial charge in [0.25, 0.3) is 5.91 Å². The molecule has 5 heteroatoms. The highest BCUT2D eigenvalue weighted by molar-refractivity contribution is 5.98. The maximum Gasteiger partial charge on any atom is 0.254 e. The summed E-state index contributed by atoms with van der Waals surface area (Å²) in [7, 11) is 0. The largest absolute Gasteiger partial charge is 0.337 e. The lowest BCUT2D eigenvalue weighted by Gasteiger charge is -2.19. The van der Waals surface area contributed by atoms with Crippen molar-refractivity contribution in [3.05, 3.63) is 83.7 Å². The second-order valence-electron chi connectivity index (χ2n) is 6.76. The van der Waals surface area contributed by atoms with Crippen molar-refractivity contribution in [1.29, 1.82) is 0 Å².